The summed E-state index contributed by atoms with van der Waals surface area (Å²) in [5, 5.41) is 12.5. The van der Waals surface area contributed by atoms with Crippen molar-refractivity contribution >= 4 is 27.5 Å². The molecule has 0 unspecified atom stereocenters. The maximum Gasteiger partial charge on any atom is 0.0697 e. The predicted molar refractivity (Wildman–Crippen MR) is 73.4 cm³/mol. The fourth-order valence-corrected chi connectivity index (χ4v) is 1.80. The van der Waals surface area contributed by atoms with Crippen molar-refractivity contribution in [3.63, 3.8) is 0 Å². The minimum Gasteiger partial charge on any atom is -0.394 e. The van der Waals surface area contributed by atoms with Gasteiger partial charge < -0.3 is 15.2 Å². The monoisotopic (exact) mass is 321 g/mol. The van der Waals surface area contributed by atoms with E-state index in [1.807, 2.05) is 18.2 Å². The highest BCUT2D eigenvalue weighted by Gasteiger charge is 1.98. The zero-order valence-electron chi connectivity index (χ0n) is 9.59. The summed E-state index contributed by atoms with van der Waals surface area (Å²) < 4.78 is 6.07. The maximum absolute atomic E-state index is 8.51. The van der Waals surface area contributed by atoms with Crippen molar-refractivity contribution in [2.45, 2.75) is 13.0 Å². The fourth-order valence-electron chi connectivity index (χ4n) is 1.35. The lowest BCUT2D eigenvalue weighted by atomic mass is 10.2. The molecule has 0 radical (unpaired) electrons. The lowest BCUT2D eigenvalue weighted by Gasteiger charge is -2.06. The molecule has 3 nitrogen and oxygen atoms in total. The summed E-state index contributed by atoms with van der Waals surface area (Å²) in [5.74, 6) is 0. The Balaban J connectivity index is 2.11. The molecule has 0 aliphatic rings. The van der Waals surface area contributed by atoms with Crippen molar-refractivity contribution in [3.8, 4) is 0 Å². The zero-order chi connectivity index (χ0) is 12.5. The lowest BCUT2D eigenvalue weighted by Crippen LogP contribution is -2.16. The van der Waals surface area contributed by atoms with Gasteiger partial charge in [0.1, 0.15) is 0 Å². The Hall–Kier alpha value is -0.130. The molecule has 0 aromatic heterocycles. The van der Waals surface area contributed by atoms with Crippen molar-refractivity contribution in [2.75, 3.05) is 26.4 Å². The first-order valence-electron chi connectivity index (χ1n) is 5.57. The first-order valence-corrected chi connectivity index (χ1v) is 6.74. The molecule has 2 N–H and O–H groups in total. The smallest absolute Gasteiger partial charge is 0.0697 e. The van der Waals surface area contributed by atoms with E-state index in [1.165, 1.54) is 0 Å². The number of hydrogen-bond acceptors (Lipinski definition) is 3. The fraction of sp³-hybridized carbons (Fsp3) is 0.500. The largest absolute Gasteiger partial charge is 0.394 e. The topological polar surface area (TPSA) is 41.5 Å². The highest BCUT2D eigenvalue weighted by molar-refractivity contribution is 9.10. The van der Waals surface area contributed by atoms with Crippen molar-refractivity contribution < 1.29 is 9.84 Å². The van der Waals surface area contributed by atoms with Crippen LogP contribution in [-0.4, -0.2) is 31.5 Å². The maximum atomic E-state index is 8.51. The van der Waals surface area contributed by atoms with Crippen LogP contribution in [0.5, 0.6) is 0 Å². The van der Waals surface area contributed by atoms with E-state index in [9.17, 15) is 0 Å². The predicted octanol–water partition coefficient (Wildman–Crippen LogP) is 2.59. The number of nitrogens with one attached hydrogen (secondary N) is 1. The molecular weight excluding hydrogens is 305 g/mol. The highest BCUT2D eigenvalue weighted by Crippen LogP contribution is 2.22. The average molecular weight is 323 g/mol. The van der Waals surface area contributed by atoms with Crippen molar-refractivity contribution in [1.82, 2.24) is 5.32 Å². The Labute approximate surface area is 115 Å². The van der Waals surface area contributed by atoms with Crippen LogP contribution in [0.25, 0.3) is 0 Å². The number of rotatable bonds is 8. The summed E-state index contributed by atoms with van der Waals surface area (Å²) in [6.07, 6.45) is 0.935. The molecule has 0 saturated heterocycles. The Kier molecular flexibility index (Phi) is 7.81. The molecule has 0 heterocycles. The van der Waals surface area contributed by atoms with Gasteiger partial charge >= 0.3 is 0 Å². The quantitative estimate of drug-likeness (QED) is 0.723. The second-order valence-electron chi connectivity index (χ2n) is 3.61. The molecule has 1 aromatic rings. The van der Waals surface area contributed by atoms with Gasteiger partial charge in [-0.25, -0.2) is 0 Å². The summed E-state index contributed by atoms with van der Waals surface area (Å²) in [6, 6.07) is 5.93. The molecule has 0 atom stereocenters. The summed E-state index contributed by atoms with van der Waals surface area (Å²) in [5.41, 5.74) is 1.16. The molecule has 0 saturated carbocycles. The third kappa shape index (κ3) is 6.38. The molecule has 96 valence electrons. The Morgan fingerprint density at radius 1 is 1.35 bits per heavy atom. The second kappa shape index (κ2) is 8.89. The van der Waals surface area contributed by atoms with Crippen LogP contribution in [0.4, 0.5) is 0 Å². The number of hydrogen-bond donors (Lipinski definition) is 2. The van der Waals surface area contributed by atoms with Crippen molar-refractivity contribution in [2.24, 2.45) is 0 Å². The van der Waals surface area contributed by atoms with Crippen molar-refractivity contribution in [1.29, 1.82) is 0 Å². The summed E-state index contributed by atoms with van der Waals surface area (Å²) in [6.45, 7) is 2.87. The van der Waals surface area contributed by atoms with Crippen LogP contribution in [0.1, 0.15) is 12.0 Å². The van der Waals surface area contributed by atoms with Crippen LogP contribution in [-0.2, 0) is 11.3 Å². The third-order valence-electron chi connectivity index (χ3n) is 2.19. The summed E-state index contributed by atoms with van der Waals surface area (Å²) in [4.78, 5) is 0. The molecule has 0 bridgehead atoms. The first-order chi connectivity index (χ1) is 8.24. The van der Waals surface area contributed by atoms with Crippen LogP contribution in [0.15, 0.2) is 22.7 Å². The normalized spacial score (nSPS) is 10.8. The van der Waals surface area contributed by atoms with Gasteiger partial charge in [0.2, 0.25) is 0 Å². The molecule has 1 rings (SSSR count). The number of aliphatic hydroxyl groups excluding tert-OH is 1. The van der Waals surface area contributed by atoms with Gasteiger partial charge in [-0.1, -0.05) is 17.7 Å². The number of aliphatic hydroxyl groups is 1. The van der Waals surface area contributed by atoms with Crippen LogP contribution in [0.2, 0.25) is 5.02 Å². The minimum absolute atomic E-state index is 0.0881. The number of benzene rings is 1. The van der Waals surface area contributed by atoms with Gasteiger partial charge in [0.15, 0.2) is 0 Å². The van der Waals surface area contributed by atoms with Crippen LogP contribution in [0, 0.1) is 0 Å². The number of halogens is 2. The minimum atomic E-state index is 0.0881. The van der Waals surface area contributed by atoms with Crippen molar-refractivity contribution in [3.05, 3.63) is 33.3 Å². The lowest BCUT2D eigenvalue weighted by molar-refractivity contribution is 0.0907. The molecule has 17 heavy (non-hydrogen) atoms. The summed E-state index contributed by atoms with van der Waals surface area (Å²) >= 11 is 9.35. The first kappa shape index (κ1) is 14.9. The Morgan fingerprint density at radius 3 is 2.88 bits per heavy atom. The average Bonchev–Trinajstić information content (AvgIpc) is 2.32. The van der Waals surface area contributed by atoms with E-state index in [1.54, 1.807) is 0 Å². The molecule has 5 heteroatoms. The standard InChI is InChI=1S/C12H17BrClNO2/c13-11-3-2-10(8-12(11)14)9-15-4-1-6-17-7-5-16/h2-3,8,15-16H,1,4-7,9H2. The van der Waals surface area contributed by atoms with Gasteiger partial charge in [0, 0.05) is 17.6 Å². The van der Waals surface area contributed by atoms with Gasteiger partial charge in [-0.2, -0.15) is 0 Å². The van der Waals surface area contributed by atoms with Gasteiger partial charge in [-0.05, 0) is 46.6 Å². The van der Waals surface area contributed by atoms with E-state index in [2.05, 4.69) is 21.2 Å². The van der Waals surface area contributed by atoms with E-state index < -0.39 is 0 Å². The molecular formula is C12H17BrClNO2. The van der Waals surface area contributed by atoms with Crippen LogP contribution < -0.4 is 5.32 Å². The van der Waals surface area contributed by atoms with Crippen LogP contribution >= 0.6 is 27.5 Å². The van der Waals surface area contributed by atoms with Gasteiger partial charge in [0.05, 0.1) is 18.2 Å². The second-order valence-corrected chi connectivity index (χ2v) is 4.88. The molecule has 0 fully saturated rings. The highest BCUT2D eigenvalue weighted by atomic mass is 79.9. The van der Waals surface area contributed by atoms with E-state index in [0.29, 0.717) is 13.2 Å². The molecule has 1 aromatic carbocycles. The molecule has 0 aliphatic carbocycles. The summed E-state index contributed by atoms with van der Waals surface area (Å²) in [7, 11) is 0. The van der Waals surface area contributed by atoms with Crippen LogP contribution in [0.3, 0.4) is 0 Å². The molecule has 0 amide bonds. The Bertz CT molecular complexity index is 336. The molecule has 0 aliphatic heterocycles. The Morgan fingerprint density at radius 2 is 2.18 bits per heavy atom. The van der Waals surface area contributed by atoms with Gasteiger partial charge in [0.25, 0.3) is 0 Å². The molecule has 0 spiro atoms. The van der Waals surface area contributed by atoms with Gasteiger partial charge in [-0.15, -0.1) is 0 Å². The zero-order valence-corrected chi connectivity index (χ0v) is 11.9. The van der Waals surface area contributed by atoms with E-state index >= 15 is 0 Å². The number of ether oxygens (including phenoxy) is 1. The SMILES string of the molecule is OCCOCCCNCc1ccc(Br)c(Cl)c1. The van der Waals surface area contributed by atoms with E-state index in [0.717, 1.165) is 34.6 Å². The van der Waals surface area contributed by atoms with Gasteiger partial charge in [-0.3, -0.25) is 0 Å². The van der Waals surface area contributed by atoms with E-state index in [-0.39, 0.29) is 6.61 Å². The van der Waals surface area contributed by atoms with E-state index in [4.69, 9.17) is 21.4 Å². The third-order valence-corrected chi connectivity index (χ3v) is 3.42.